The molecule has 4 rings (SSSR count). The van der Waals surface area contributed by atoms with Crippen LogP contribution in [0.4, 0.5) is 0 Å². The maximum Gasteiger partial charge on any atom is 0.263 e. The van der Waals surface area contributed by atoms with Crippen LogP contribution in [0.5, 0.6) is 5.75 Å². The van der Waals surface area contributed by atoms with E-state index in [9.17, 15) is 9.59 Å². The van der Waals surface area contributed by atoms with Gasteiger partial charge in [0.05, 0.1) is 17.7 Å². The number of rotatable bonds is 8. The SMILES string of the molecule is C=CCn1c(SC(C)C(=O)NCc2ccccc2OC)nc2sc3c(c2c1=O)CCC(C)C3. The molecule has 1 N–H and O–H groups in total. The molecule has 3 aromatic rings. The number of hydrogen-bond donors (Lipinski definition) is 1. The van der Waals surface area contributed by atoms with Crippen LogP contribution >= 0.6 is 23.1 Å². The number of thioether (sulfide) groups is 1. The average molecular weight is 484 g/mol. The van der Waals surface area contributed by atoms with E-state index in [1.54, 1.807) is 29.1 Å². The number of para-hydroxylation sites is 1. The lowest BCUT2D eigenvalue weighted by Gasteiger charge is -2.18. The average Bonchev–Trinajstić information content (AvgIpc) is 3.17. The Bertz CT molecular complexity index is 1250. The molecule has 1 aliphatic carbocycles. The summed E-state index contributed by atoms with van der Waals surface area (Å²) in [5.74, 6) is 1.24. The number of ether oxygens (including phenoxy) is 1. The maximum absolute atomic E-state index is 13.4. The molecular weight excluding hydrogens is 454 g/mol. The molecule has 2 heterocycles. The lowest BCUT2D eigenvalue weighted by Crippen LogP contribution is -2.31. The monoisotopic (exact) mass is 483 g/mol. The van der Waals surface area contributed by atoms with Gasteiger partial charge in [-0.25, -0.2) is 4.98 Å². The molecule has 1 aromatic carbocycles. The van der Waals surface area contributed by atoms with E-state index in [1.807, 2.05) is 31.2 Å². The standard InChI is InChI=1S/C25H29N3O3S2/c1-5-12-28-24(30)21-18-11-10-15(2)13-20(18)33-23(21)27-25(28)32-16(3)22(29)26-14-17-8-6-7-9-19(17)31-4/h5-9,15-16H,1,10-14H2,2-4H3,(H,26,29). The smallest absolute Gasteiger partial charge is 0.263 e. The third kappa shape index (κ3) is 4.87. The minimum Gasteiger partial charge on any atom is -0.496 e. The molecule has 8 heteroatoms. The van der Waals surface area contributed by atoms with Gasteiger partial charge in [0.1, 0.15) is 10.6 Å². The van der Waals surface area contributed by atoms with Gasteiger partial charge in [0.15, 0.2) is 5.16 Å². The predicted molar refractivity (Wildman–Crippen MR) is 135 cm³/mol. The summed E-state index contributed by atoms with van der Waals surface area (Å²) in [5, 5.41) is 3.85. The fourth-order valence-electron chi connectivity index (χ4n) is 4.17. The van der Waals surface area contributed by atoms with Crippen molar-refractivity contribution in [3.63, 3.8) is 0 Å². The lowest BCUT2D eigenvalue weighted by atomic mass is 9.89. The first-order chi connectivity index (χ1) is 15.9. The van der Waals surface area contributed by atoms with Crippen molar-refractivity contribution in [2.75, 3.05) is 7.11 Å². The summed E-state index contributed by atoms with van der Waals surface area (Å²) < 4.78 is 7.01. The Kier molecular flexibility index (Phi) is 7.24. The van der Waals surface area contributed by atoms with Crippen LogP contribution in [0.15, 0.2) is 46.9 Å². The van der Waals surface area contributed by atoms with Crippen molar-refractivity contribution in [1.82, 2.24) is 14.9 Å². The minimum absolute atomic E-state index is 0.0314. The van der Waals surface area contributed by atoms with Crippen molar-refractivity contribution in [2.24, 2.45) is 5.92 Å². The molecule has 0 aliphatic heterocycles. The molecular formula is C25H29N3O3S2. The van der Waals surface area contributed by atoms with Gasteiger partial charge in [-0.2, -0.15) is 0 Å². The van der Waals surface area contributed by atoms with E-state index >= 15 is 0 Å². The summed E-state index contributed by atoms with van der Waals surface area (Å²) in [5.41, 5.74) is 2.05. The van der Waals surface area contributed by atoms with Crippen molar-refractivity contribution in [1.29, 1.82) is 0 Å². The number of fused-ring (bicyclic) bond motifs is 3. The fraction of sp³-hybridized carbons (Fsp3) is 0.400. The van der Waals surface area contributed by atoms with Crippen LogP contribution in [0.1, 0.15) is 36.3 Å². The lowest BCUT2D eigenvalue weighted by molar-refractivity contribution is -0.120. The molecule has 2 aromatic heterocycles. The van der Waals surface area contributed by atoms with Crippen LogP contribution in [-0.4, -0.2) is 27.8 Å². The number of amides is 1. The second kappa shape index (κ2) is 10.1. The molecule has 6 nitrogen and oxygen atoms in total. The molecule has 33 heavy (non-hydrogen) atoms. The number of aryl methyl sites for hydroxylation is 1. The highest BCUT2D eigenvalue weighted by Gasteiger charge is 2.26. The minimum atomic E-state index is -0.422. The highest BCUT2D eigenvalue weighted by molar-refractivity contribution is 8.00. The number of aromatic nitrogens is 2. The molecule has 2 atom stereocenters. The molecule has 0 spiro atoms. The third-order valence-corrected chi connectivity index (χ3v) is 8.23. The Labute approximate surface area is 202 Å². The van der Waals surface area contributed by atoms with Crippen molar-refractivity contribution in [2.45, 2.75) is 56.6 Å². The summed E-state index contributed by atoms with van der Waals surface area (Å²) in [6, 6.07) is 7.60. The zero-order valence-corrected chi connectivity index (χ0v) is 20.9. The Morgan fingerprint density at radius 1 is 1.45 bits per heavy atom. The topological polar surface area (TPSA) is 73.2 Å². The molecule has 0 bridgehead atoms. The third-order valence-electron chi connectivity index (χ3n) is 5.99. The summed E-state index contributed by atoms with van der Waals surface area (Å²) in [7, 11) is 1.61. The van der Waals surface area contributed by atoms with E-state index in [-0.39, 0.29) is 11.5 Å². The number of carbonyl (C=O) groups excluding carboxylic acids is 1. The van der Waals surface area contributed by atoms with E-state index in [2.05, 4.69) is 18.8 Å². The highest BCUT2D eigenvalue weighted by Crippen LogP contribution is 2.37. The van der Waals surface area contributed by atoms with Gasteiger partial charge in [0.25, 0.3) is 5.56 Å². The van der Waals surface area contributed by atoms with Crippen molar-refractivity contribution in [3.05, 3.63) is 63.3 Å². The van der Waals surface area contributed by atoms with E-state index in [0.717, 1.165) is 40.8 Å². The first kappa shape index (κ1) is 23.6. The van der Waals surface area contributed by atoms with Crippen LogP contribution in [0.25, 0.3) is 10.2 Å². The number of methoxy groups -OCH3 is 1. The quantitative estimate of drug-likeness (QED) is 0.289. The molecule has 1 amide bonds. The van der Waals surface area contributed by atoms with Crippen LogP contribution in [-0.2, 0) is 30.7 Å². The summed E-state index contributed by atoms with van der Waals surface area (Å²) >= 11 is 2.93. The van der Waals surface area contributed by atoms with Gasteiger partial charge < -0.3 is 10.1 Å². The summed E-state index contributed by atoms with van der Waals surface area (Å²) in [4.78, 5) is 33.2. The Balaban J connectivity index is 1.58. The fourth-order valence-corrected chi connectivity index (χ4v) is 6.54. The number of hydrogen-bond acceptors (Lipinski definition) is 6. The number of nitrogens with one attached hydrogen (secondary N) is 1. The second-order valence-corrected chi connectivity index (χ2v) is 10.8. The molecule has 174 valence electrons. The first-order valence-corrected chi connectivity index (χ1v) is 12.8. The van der Waals surface area contributed by atoms with Crippen LogP contribution in [0, 0.1) is 5.92 Å². The molecule has 0 fully saturated rings. The van der Waals surface area contributed by atoms with E-state index in [1.165, 1.54) is 22.2 Å². The normalized spacial score (nSPS) is 16.3. The zero-order chi connectivity index (χ0) is 23.5. The van der Waals surface area contributed by atoms with Gasteiger partial charge in [-0.15, -0.1) is 17.9 Å². The number of benzene rings is 1. The van der Waals surface area contributed by atoms with Gasteiger partial charge in [-0.3, -0.25) is 14.2 Å². The number of nitrogens with zero attached hydrogens (tertiary/aromatic N) is 2. The highest BCUT2D eigenvalue weighted by atomic mass is 32.2. The van der Waals surface area contributed by atoms with Crippen molar-refractivity contribution < 1.29 is 9.53 Å². The van der Waals surface area contributed by atoms with Crippen LogP contribution in [0.3, 0.4) is 0 Å². The van der Waals surface area contributed by atoms with Gasteiger partial charge in [-0.05, 0) is 43.7 Å². The molecule has 0 radical (unpaired) electrons. The van der Waals surface area contributed by atoms with Crippen molar-refractivity contribution in [3.8, 4) is 5.75 Å². The second-order valence-electron chi connectivity index (χ2n) is 8.42. The number of carbonyl (C=O) groups is 1. The number of thiophene rings is 1. The van der Waals surface area contributed by atoms with Crippen molar-refractivity contribution >= 4 is 39.2 Å². The van der Waals surface area contributed by atoms with E-state index in [4.69, 9.17) is 9.72 Å². The zero-order valence-electron chi connectivity index (χ0n) is 19.2. The Morgan fingerprint density at radius 3 is 3.00 bits per heavy atom. The molecule has 2 unspecified atom stereocenters. The molecule has 0 saturated carbocycles. The van der Waals surface area contributed by atoms with E-state index in [0.29, 0.717) is 24.2 Å². The van der Waals surface area contributed by atoms with E-state index < -0.39 is 5.25 Å². The summed E-state index contributed by atoms with van der Waals surface area (Å²) in [6.07, 6.45) is 4.73. The number of allylic oxidation sites excluding steroid dienone is 1. The van der Waals surface area contributed by atoms with Gasteiger partial charge in [0.2, 0.25) is 5.91 Å². The van der Waals surface area contributed by atoms with Crippen LogP contribution < -0.4 is 15.6 Å². The Morgan fingerprint density at radius 2 is 2.24 bits per heavy atom. The first-order valence-electron chi connectivity index (χ1n) is 11.1. The predicted octanol–water partition coefficient (Wildman–Crippen LogP) is 4.57. The molecule has 0 saturated heterocycles. The molecule has 1 aliphatic rings. The van der Waals surface area contributed by atoms with Gasteiger partial charge in [-0.1, -0.05) is 43.0 Å². The summed E-state index contributed by atoms with van der Waals surface area (Å²) in [6.45, 7) is 8.63. The largest absolute Gasteiger partial charge is 0.496 e. The van der Waals surface area contributed by atoms with Crippen LogP contribution in [0.2, 0.25) is 0 Å². The maximum atomic E-state index is 13.4. The van der Waals surface area contributed by atoms with Gasteiger partial charge >= 0.3 is 0 Å². The van der Waals surface area contributed by atoms with Gasteiger partial charge in [0, 0.05) is 23.5 Å². The Hall–Kier alpha value is -2.58.